The third kappa shape index (κ3) is 11.3. The van der Waals surface area contributed by atoms with E-state index in [9.17, 15) is 14.4 Å². The molecule has 0 unspecified atom stereocenters. The van der Waals surface area contributed by atoms with E-state index in [1.807, 2.05) is 0 Å². The van der Waals surface area contributed by atoms with Crippen LogP contribution in [-0.2, 0) is 19.1 Å². The predicted molar refractivity (Wildman–Crippen MR) is 96.0 cm³/mol. The van der Waals surface area contributed by atoms with Crippen molar-refractivity contribution in [3.8, 4) is 0 Å². The first-order valence-electron chi connectivity index (χ1n) is 8.02. The SMILES string of the molecule is CC(=O)SC[C@H](CCC(=O)OC(C)(C)C)N(C)C(=O)OC(C)(C)C. The Morgan fingerprint density at radius 2 is 1.50 bits per heavy atom. The molecule has 0 aromatic rings. The number of rotatable bonds is 6. The summed E-state index contributed by atoms with van der Waals surface area (Å²) in [5.74, 6) is 0.0892. The number of ether oxygens (including phenoxy) is 2. The van der Waals surface area contributed by atoms with Crippen LogP contribution in [0, 0.1) is 0 Å². The summed E-state index contributed by atoms with van der Waals surface area (Å²) < 4.78 is 10.6. The van der Waals surface area contributed by atoms with Crippen LogP contribution in [0.4, 0.5) is 4.79 Å². The molecule has 0 heterocycles. The van der Waals surface area contributed by atoms with E-state index < -0.39 is 17.3 Å². The van der Waals surface area contributed by atoms with E-state index in [0.717, 1.165) is 11.8 Å². The van der Waals surface area contributed by atoms with Crippen LogP contribution < -0.4 is 0 Å². The highest BCUT2D eigenvalue weighted by atomic mass is 32.2. The summed E-state index contributed by atoms with van der Waals surface area (Å²) in [6.45, 7) is 12.3. The molecule has 6 nitrogen and oxygen atoms in total. The fourth-order valence-electron chi connectivity index (χ4n) is 1.76. The molecule has 0 saturated carbocycles. The Morgan fingerprint density at radius 1 is 1.00 bits per heavy atom. The summed E-state index contributed by atoms with van der Waals surface area (Å²) in [5, 5.41) is -0.0325. The summed E-state index contributed by atoms with van der Waals surface area (Å²) in [4.78, 5) is 36.8. The van der Waals surface area contributed by atoms with Crippen molar-refractivity contribution in [3.63, 3.8) is 0 Å². The maximum atomic E-state index is 12.2. The maximum absolute atomic E-state index is 12.2. The van der Waals surface area contributed by atoms with E-state index in [0.29, 0.717) is 12.2 Å². The van der Waals surface area contributed by atoms with Gasteiger partial charge in [0, 0.05) is 32.2 Å². The smallest absolute Gasteiger partial charge is 0.410 e. The monoisotopic (exact) mass is 361 g/mol. The van der Waals surface area contributed by atoms with E-state index in [1.54, 1.807) is 48.6 Å². The molecule has 0 aliphatic heterocycles. The van der Waals surface area contributed by atoms with Gasteiger partial charge in [0.2, 0.25) is 0 Å². The van der Waals surface area contributed by atoms with E-state index in [1.165, 1.54) is 11.8 Å². The molecule has 0 saturated heterocycles. The van der Waals surface area contributed by atoms with Gasteiger partial charge in [-0.15, -0.1) is 0 Å². The third-order valence-electron chi connectivity index (χ3n) is 2.81. The average Bonchev–Trinajstić information content (AvgIpc) is 2.33. The van der Waals surface area contributed by atoms with Gasteiger partial charge in [-0.05, 0) is 48.0 Å². The van der Waals surface area contributed by atoms with Gasteiger partial charge in [0.1, 0.15) is 11.2 Å². The van der Waals surface area contributed by atoms with E-state index in [2.05, 4.69) is 0 Å². The summed E-state index contributed by atoms with van der Waals surface area (Å²) >= 11 is 1.13. The van der Waals surface area contributed by atoms with Gasteiger partial charge in [-0.25, -0.2) is 4.79 Å². The molecule has 0 aliphatic carbocycles. The van der Waals surface area contributed by atoms with Crippen molar-refractivity contribution in [1.82, 2.24) is 4.90 Å². The first-order valence-corrected chi connectivity index (χ1v) is 9.01. The van der Waals surface area contributed by atoms with Crippen molar-refractivity contribution in [2.45, 2.75) is 78.6 Å². The third-order valence-corrected chi connectivity index (χ3v) is 3.77. The molecule has 0 rings (SSSR count). The lowest BCUT2D eigenvalue weighted by Crippen LogP contribution is -2.42. The first kappa shape index (κ1) is 22.8. The van der Waals surface area contributed by atoms with Crippen LogP contribution >= 0.6 is 11.8 Å². The van der Waals surface area contributed by atoms with Gasteiger partial charge in [0.15, 0.2) is 5.12 Å². The van der Waals surface area contributed by atoms with Crippen LogP contribution in [0.1, 0.15) is 61.3 Å². The largest absolute Gasteiger partial charge is 0.460 e. The summed E-state index contributed by atoms with van der Waals surface area (Å²) in [6.07, 6.45) is 0.110. The lowest BCUT2D eigenvalue weighted by atomic mass is 10.1. The topological polar surface area (TPSA) is 72.9 Å². The molecule has 1 atom stereocenters. The number of hydrogen-bond donors (Lipinski definition) is 0. The van der Waals surface area contributed by atoms with Crippen molar-refractivity contribution in [1.29, 1.82) is 0 Å². The first-order chi connectivity index (χ1) is 10.7. The minimum atomic E-state index is -0.602. The molecule has 7 heteroatoms. The van der Waals surface area contributed by atoms with Crippen LogP contribution in [0.5, 0.6) is 0 Å². The minimum Gasteiger partial charge on any atom is -0.460 e. The Labute approximate surface area is 149 Å². The second-order valence-electron chi connectivity index (χ2n) is 7.67. The van der Waals surface area contributed by atoms with Gasteiger partial charge in [0.05, 0.1) is 0 Å². The van der Waals surface area contributed by atoms with Gasteiger partial charge in [-0.3, -0.25) is 9.59 Å². The lowest BCUT2D eigenvalue weighted by molar-refractivity contribution is -0.155. The van der Waals surface area contributed by atoms with Crippen molar-refractivity contribution in [2.24, 2.45) is 0 Å². The van der Waals surface area contributed by atoms with Crippen LogP contribution in [0.2, 0.25) is 0 Å². The molecule has 0 aromatic carbocycles. The number of esters is 1. The molecule has 1 amide bonds. The van der Waals surface area contributed by atoms with E-state index >= 15 is 0 Å². The molecule has 0 aliphatic rings. The Bertz CT molecular complexity index is 451. The molecular formula is C17H31NO5S. The highest BCUT2D eigenvalue weighted by molar-refractivity contribution is 8.13. The molecule has 0 N–H and O–H groups in total. The van der Waals surface area contributed by atoms with Crippen LogP contribution in [0.25, 0.3) is 0 Å². The second-order valence-corrected chi connectivity index (χ2v) is 8.87. The van der Waals surface area contributed by atoms with E-state index in [4.69, 9.17) is 9.47 Å². The van der Waals surface area contributed by atoms with Crippen molar-refractivity contribution >= 4 is 28.9 Å². The highest BCUT2D eigenvalue weighted by Crippen LogP contribution is 2.18. The molecule has 0 fully saturated rings. The van der Waals surface area contributed by atoms with Gasteiger partial charge in [0.25, 0.3) is 0 Å². The van der Waals surface area contributed by atoms with Crippen LogP contribution in [0.15, 0.2) is 0 Å². The summed E-state index contributed by atoms with van der Waals surface area (Å²) in [7, 11) is 1.62. The molecular weight excluding hydrogens is 330 g/mol. The Hall–Kier alpha value is -1.24. The standard InChI is InChI=1S/C17H31NO5S/c1-12(19)24-11-13(9-10-14(20)22-16(2,3)4)18(8)15(21)23-17(5,6)7/h13H,9-11H2,1-8H3/t13-/m0/s1. The molecule has 0 aromatic heterocycles. The zero-order valence-corrected chi connectivity index (χ0v) is 16.9. The Kier molecular flexibility index (Phi) is 8.82. The fraction of sp³-hybridized carbons (Fsp3) is 0.824. The minimum absolute atomic E-state index is 0.0325. The van der Waals surface area contributed by atoms with Crippen LogP contribution in [0.3, 0.4) is 0 Å². The van der Waals surface area contributed by atoms with Gasteiger partial charge >= 0.3 is 12.1 Å². The van der Waals surface area contributed by atoms with Crippen LogP contribution in [-0.4, -0.2) is 52.1 Å². The quantitative estimate of drug-likeness (QED) is 0.673. The zero-order chi connectivity index (χ0) is 19.1. The fourth-order valence-corrected chi connectivity index (χ4v) is 2.58. The molecule has 24 heavy (non-hydrogen) atoms. The number of carbonyl (C=O) groups excluding carboxylic acids is 3. The number of amides is 1. The normalized spacial score (nSPS) is 13.2. The van der Waals surface area contributed by atoms with Crippen molar-refractivity contribution in [3.05, 3.63) is 0 Å². The Morgan fingerprint density at radius 3 is 1.92 bits per heavy atom. The zero-order valence-electron chi connectivity index (χ0n) is 16.1. The molecule has 140 valence electrons. The Balaban J connectivity index is 4.81. The number of hydrogen-bond acceptors (Lipinski definition) is 6. The lowest BCUT2D eigenvalue weighted by Gasteiger charge is -2.30. The number of thioether (sulfide) groups is 1. The number of nitrogens with zero attached hydrogens (tertiary/aromatic N) is 1. The summed E-state index contributed by atoms with van der Waals surface area (Å²) in [5.41, 5.74) is -1.15. The summed E-state index contributed by atoms with van der Waals surface area (Å²) in [6, 6.07) is -0.290. The van der Waals surface area contributed by atoms with Crippen molar-refractivity contribution in [2.75, 3.05) is 12.8 Å². The maximum Gasteiger partial charge on any atom is 0.410 e. The molecule has 0 bridgehead atoms. The second kappa shape index (κ2) is 9.30. The van der Waals surface area contributed by atoms with Gasteiger partial charge < -0.3 is 14.4 Å². The highest BCUT2D eigenvalue weighted by Gasteiger charge is 2.27. The van der Waals surface area contributed by atoms with Crippen molar-refractivity contribution < 1.29 is 23.9 Å². The average molecular weight is 362 g/mol. The number of carbonyl (C=O) groups is 3. The molecule has 0 radical (unpaired) electrons. The van der Waals surface area contributed by atoms with E-state index in [-0.39, 0.29) is 23.5 Å². The predicted octanol–water partition coefficient (Wildman–Crippen LogP) is 3.62. The molecule has 0 spiro atoms. The van der Waals surface area contributed by atoms with Gasteiger partial charge in [-0.1, -0.05) is 11.8 Å². The van der Waals surface area contributed by atoms with Gasteiger partial charge in [-0.2, -0.15) is 0 Å².